The second-order valence-corrected chi connectivity index (χ2v) is 5.42. The number of rotatable bonds is 5. The van der Waals surface area contributed by atoms with Gasteiger partial charge in [-0.25, -0.2) is 0 Å². The number of hydrogen-bond acceptors (Lipinski definition) is 5. The van der Waals surface area contributed by atoms with Gasteiger partial charge in [0, 0.05) is 18.0 Å². The lowest BCUT2D eigenvalue weighted by atomic mass is 10.1. The third-order valence-electron chi connectivity index (χ3n) is 3.86. The van der Waals surface area contributed by atoms with Crippen LogP contribution in [0.25, 0.3) is 0 Å². The SMILES string of the molecule is NC1CCC(C(=O)NCCOc2ccc3c(c2)OCO3)C1. The maximum absolute atomic E-state index is 11.9. The average Bonchev–Trinajstić information content (AvgIpc) is 3.11. The van der Waals surface area contributed by atoms with Crippen LogP contribution in [0.5, 0.6) is 17.2 Å². The van der Waals surface area contributed by atoms with E-state index in [-0.39, 0.29) is 24.7 Å². The maximum Gasteiger partial charge on any atom is 0.231 e. The lowest BCUT2D eigenvalue weighted by molar-refractivity contribution is -0.124. The van der Waals surface area contributed by atoms with Gasteiger partial charge in [0.15, 0.2) is 11.5 Å². The highest BCUT2D eigenvalue weighted by atomic mass is 16.7. The fourth-order valence-corrected chi connectivity index (χ4v) is 2.71. The van der Waals surface area contributed by atoms with Crippen molar-refractivity contribution in [2.45, 2.75) is 25.3 Å². The number of amides is 1. The van der Waals surface area contributed by atoms with Crippen LogP contribution in [0.3, 0.4) is 0 Å². The third kappa shape index (κ3) is 3.39. The molecular formula is C15H20N2O4. The largest absolute Gasteiger partial charge is 0.492 e. The molecule has 2 aliphatic rings. The smallest absolute Gasteiger partial charge is 0.231 e. The summed E-state index contributed by atoms with van der Waals surface area (Å²) in [4.78, 5) is 11.9. The van der Waals surface area contributed by atoms with Gasteiger partial charge in [0.1, 0.15) is 12.4 Å². The second kappa shape index (κ2) is 6.22. The van der Waals surface area contributed by atoms with Crippen LogP contribution in [-0.4, -0.2) is 31.9 Å². The van der Waals surface area contributed by atoms with E-state index in [0.717, 1.165) is 25.0 Å². The molecule has 0 radical (unpaired) electrons. The molecule has 1 fully saturated rings. The van der Waals surface area contributed by atoms with Crippen molar-refractivity contribution in [2.24, 2.45) is 11.7 Å². The molecule has 3 rings (SSSR count). The van der Waals surface area contributed by atoms with Crippen LogP contribution in [0.2, 0.25) is 0 Å². The maximum atomic E-state index is 11.9. The molecule has 2 unspecified atom stereocenters. The Morgan fingerprint density at radius 3 is 3.00 bits per heavy atom. The molecule has 3 N–H and O–H groups in total. The van der Waals surface area contributed by atoms with E-state index < -0.39 is 0 Å². The van der Waals surface area contributed by atoms with Gasteiger partial charge in [0.05, 0.1) is 6.54 Å². The predicted octanol–water partition coefficient (Wildman–Crippen LogP) is 1.04. The minimum absolute atomic E-state index is 0.0607. The zero-order valence-corrected chi connectivity index (χ0v) is 11.8. The molecule has 114 valence electrons. The van der Waals surface area contributed by atoms with Crippen LogP contribution in [0.4, 0.5) is 0 Å². The fourth-order valence-electron chi connectivity index (χ4n) is 2.71. The monoisotopic (exact) mass is 292 g/mol. The summed E-state index contributed by atoms with van der Waals surface area (Å²) in [5, 5.41) is 2.89. The van der Waals surface area contributed by atoms with E-state index in [0.29, 0.717) is 24.7 Å². The fraction of sp³-hybridized carbons (Fsp3) is 0.533. The Morgan fingerprint density at radius 1 is 1.33 bits per heavy atom. The van der Waals surface area contributed by atoms with E-state index in [4.69, 9.17) is 19.9 Å². The molecule has 1 aromatic rings. The molecule has 6 heteroatoms. The van der Waals surface area contributed by atoms with Crippen molar-refractivity contribution in [1.29, 1.82) is 0 Å². The number of benzene rings is 1. The van der Waals surface area contributed by atoms with E-state index in [9.17, 15) is 4.79 Å². The van der Waals surface area contributed by atoms with Gasteiger partial charge in [-0.3, -0.25) is 4.79 Å². The van der Waals surface area contributed by atoms with Crippen molar-refractivity contribution < 1.29 is 19.0 Å². The molecular weight excluding hydrogens is 272 g/mol. The minimum atomic E-state index is 0.0607. The molecule has 0 bridgehead atoms. The highest BCUT2D eigenvalue weighted by molar-refractivity contribution is 5.78. The van der Waals surface area contributed by atoms with Crippen LogP contribution in [-0.2, 0) is 4.79 Å². The summed E-state index contributed by atoms with van der Waals surface area (Å²) in [5.41, 5.74) is 5.81. The molecule has 1 aromatic carbocycles. The zero-order chi connectivity index (χ0) is 14.7. The van der Waals surface area contributed by atoms with Crippen LogP contribution < -0.4 is 25.3 Å². The molecule has 1 amide bonds. The number of ether oxygens (including phenoxy) is 3. The molecule has 0 spiro atoms. The quantitative estimate of drug-likeness (QED) is 0.792. The van der Waals surface area contributed by atoms with Gasteiger partial charge < -0.3 is 25.3 Å². The van der Waals surface area contributed by atoms with Crippen molar-refractivity contribution in [1.82, 2.24) is 5.32 Å². The van der Waals surface area contributed by atoms with Crippen LogP contribution in [0.1, 0.15) is 19.3 Å². The van der Waals surface area contributed by atoms with Crippen molar-refractivity contribution >= 4 is 5.91 Å². The molecule has 0 aromatic heterocycles. The first-order valence-corrected chi connectivity index (χ1v) is 7.28. The van der Waals surface area contributed by atoms with Crippen molar-refractivity contribution in [3.8, 4) is 17.2 Å². The number of nitrogens with one attached hydrogen (secondary N) is 1. The number of nitrogens with two attached hydrogens (primary N) is 1. The topological polar surface area (TPSA) is 82.8 Å². The van der Waals surface area contributed by atoms with Gasteiger partial charge >= 0.3 is 0 Å². The highest BCUT2D eigenvalue weighted by Gasteiger charge is 2.27. The highest BCUT2D eigenvalue weighted by Crippen LogP contribution is 2.35. The van der Waals surface area contributed by atoms with Gasteiger partial charge in [0.2, 0.25) is 12.7 Å². The minimum Gasteiger partial charge on any atom is -0.492 e. The van der Waals surface area contributed by atoms with Gasteiger partial charge in [-0.05, 0) is 31.4 Å². The normalized spacial score (nSPS) is 23.1. The van der Waals surface area contributed by atoms with E-state index in [1.165, 1.54) is 0 Å². The summed E-state index contributed by atoms with van der Waals surface area (Å²) < 4.78 is 16.1. The Morgan fingerprint density at radius 2 is 2.19 bits per heavy atom. The van der Waals surface area contributed by atoms with Gasteiger partial charge in [0.25, 0.3) is 0 Å². The summed E-state index contributed by atoms with van der Waals surface area (Å²) in [6.07, 6.45) is 2.61. The lowest BCUT2D eigenvalue weighted by Gasteiger charge is -2.11. The van der Waals surface area contributed by atoms with Gasteiger partial charge in [-0.1, -0.05) is 0 Å². The van der Waals surface area contributed by atoms with E-state index in [1.54, 1.807) is 6.07 Å². The van der Waals surface area contributed by atoms with E-state index in [1.807, 2.05) is 12.1 Å². The Kier molecular flexibility index (Phi) is 4.15. The van der Waals surface area contributed by atoms with Gasteiger partial charge in [-0.2, -0.15) is 0 Å². The first kappa shape index (κ1) is 14.0. The lowest BCUT2D eigenvalue weighted by Crippen LogP contribution is -2.33. The van der Waals surface area contributed by atoms with E-state index in [2.05, 4.69) is 5.32 Å². The first-order valence-electron chi connectivity index (χ1n) is 7.28. The molecule has 1 aliphatic carbocycles. The summed E-state index contributed by atoms with van der Waals surface area (Å²) in [6.45, 7) is 1.15. The van der Waals surface area contributed by atoms with Crippen molar-refractivity contribution in [2.75, 3.05) is 19.9 Å². The third-order valence-corrected chi connectivity index (χ3v) is 3.86. The summed E-state index contributed by atoms with van der Waals surface area (Å²) in [7, 11) is 0. The zero-order valence-electron chi connectivity index (χ0n) is 11.8. The van der Waals surface area contributed by atoms with Crippen LogP contribution >= 0.6 is 0 Å². The molecule has 1 heterocycles. The number of carbonyl (C=O) groups is 1. The summed E-state index contributed by atoms with van der Waals surface area (Å²) >= 11 is 0. The summed E-state index contributed by atoms with van der Waals surface area (Å²) in [6, 6.07) is 5.60. The Bertz CT molecular complexity index is 520. The Labute approximate surface area is 123 Å². The second-order valence-electron chi connectivity index (χ2n) is 5.42. The standard InChI is InChI=1S/C15H20N2O4/c16-11-2-1-10(7-11)15(18)17-5-6-19-12-3-4-13-14(8-12)21-9-20-13/h3-4,8,10-11H,1-2,5-7,9,16H2,(H,17,18). The molecule has 21 heavy (non-hydrogen) atoms. The van der Waals surface area contributed by atoms with Crippen molar-refractivity contribution in [3.63, 3.8) is 0 Å². The molecule has 1 saturated carbocycles. The first-order chi connectivity index (χ1) is 10.2. The number of fused-ring (bicyclic) bond motifs is 1. The van der Waals surface area contributed by atoms with Crippen LogP contribution in [0, 0.1) is 5.92 Å². The van der Waals surface area contributed by atoms with Crippen molar-refractivity contribution in [3.05, 3.63) is 18.2 Å². The number of carbonyl (C=O) groups excluding carboxylic acids is 1. The molecule has 1 aliphatic heterocycles. The molecule has 0 saturated heterocycles. The molecule has 2 atom stereocenters. The summed E-state index contributed by atoms with van der Waals surface area (Å²) in [5.74, 6) is 2.27. The van der Waals surface area contributed by atoms with Crippen LogP contribution in [0.15, 0.2) is 18.2 Å². The Balaban J connectivity index is 1.39. The predicted molar refractivity (Wildman–Crippen MR) is 76.4 cm³/mol. The molecule has 6 nitrogen and oxygen atoms in total. The average molecular weight is 292 g/mol. The number of hydrogen-bond donors (Lipinski definition) is 2. The van der Waals surface area contributed by atoms with E-state index >= 15 is 0 Å². The van der Waals surface area contributed by atoms with Gasteiger partial charge in [-0.15, -0.1) is 0 Å². The Hall–Kier alpha value is -1.95.